The molecular weight excluding hydrogens is 234 g/mol. The predicted molar refractivity (Wildman–Crippen MR) is 54.2 cm³/mol. The Morgan fingerprint density at radius 3 is 2.92 bits per heavy atom. The lowest BCUT2D eigenvalue weighted by Crippen LogP contribution is -2.28. The summed E-state index contributed by atoms with van der Waals surface area (Å²) in [6.45, 7) is 4.36. The number of furan rings is 1. The summed E-state index contributed by atoms with van der Waals surface area (Å²) in [5, 5.41) is 2.78. The Morgan fingerprint density at radius 2 is 2.46 bits per heavy atom. The molecule has 1 aromatic heterocycles. The predicted octanol–water partition coefficient (Wildman–Crippen LogP) is 2.10. The van der Waals surface area contributed by atoms with Crippen molar-refractivity contribution in [2.75, 3.05) is 6.54 Å². The van der Waals surface area contributed by atoms with Crippen molar-refractivity contribution < 1.29 is 9.21 Å². The van der Waals surface area contributed by atoms with Gasteiger partial charge in [0.2, 0.25) is 0 Å². The Labute approximate surface area is 85.6 Å². The van der Waals surface area contributed by atoms with E-state index in [1.54, 1.807) is 13.0 Å². The van der Waals surface area contributed by atoms with Crippen LogP contribution in [0.15, 0.2) is 16.7 Å². The molecule has 4 heteroatoms. The van der Waals surface area contributed by atoms with Crippen LogP contribution in [0.2, 0.25) is 0 Å². The highest BCUT2D eigenvalue weighted by molar-refractivity contribution is 9.09. The maximum Gasteiger partial charge on any atom is 0.254 e. The van der Waals surface area contributed by atoms with Gasteiger partial charge in [0.05, 0.1) is 11.8 Å². The van der Waals surface area contributed by atoms with Crippen LogP contribution in [-0.4, -0.2) is 17.3 Å². The minimum Gasteiger partial charge on any atom is -0.469 e. The van der Waals surface area contributed by atoms with E-state index in [0.717, 1.165) is 0 Å². The van der Waals surface area contributed by atoms with Crippen molar-refractivity contribution >= 4 is 21.8 Å². The van der Waals surface area contributed by atoms with Crippen molar-refractivity contribution in [3.8, 4) is 0 Å². The van der Waals surface area contributed by atoms with Gasteiger partial charge in [-0.25, -0.2) is 0 Å². The van der Waals surface area contributed by atoms with Gasteiger partial charge in [-0.3, -0.25) is 4.79 Å². The van der Waals surface area contributed by atoms with Gasteiger partial charge in [-0.05, 0) is 13.0 Å². The Kier molecular flexibility index (Phi) is 3.54. The van der Waals surface area contributed by atoms with Gasteiger partial charge in [0.1, 0.15) is 5.76 Å². The summed E-state index contributed by atoms with van der Waals surface area (Å²) in [6.07, 6.45) is 1.52. The van der Waals surface area contributed by atoms with E-state index in [1.807, 2.05) is 6.92 Å². The number of nitrogens with one attached hydrogen (secondary N) is 1. The lowest BCUT2D eigenvalue weighted by molar-refractivity contribution is 0.0953. The first-order valence-electron chi connectivity index (χ1n) is 4.07. The Bertz CT molecular complexity index is 294. The van der Waals surface area contributed by atoms with E-state index >= 15 is 0 Å². The quantitative estimate of drug-likeness (QED) is 0.830. The Balaban J connectivity index is 2.54. The fourth-order valence-electron chi connectivity index (χ4n) is 0.949. The zero-order chi connectivity index (χ0) is 9.84. The van der Waals surface area contributed by atoms with E-state index < -0.39 is 0 Å². The molecular formula is C9H12BrNO2. The van der Waals surface area contributed by atoms with Gasteiger partial charge < -0.3 is 9.73 Å². The highest BCUT2D eigenvalue weighted by Gasteiger charge is 2.10. The molecule has 0 saturated heterocycles. The molecule has 1 rings (SSSR count). The van der Waals surface area contributed by atoms with Crippen LogP contribution in [0.1, 0.15) is 23.0 Å². The maximum absolute atomic E-state index is 11.4. The van der Waals surface area contributed by atoms with Crippen LogP contribution in [-0.2, 0) is 0 Å². The maximum atomic E-state index is 11.4. The summed E-state index contributed by atoms with van der Waals surface area (Å²) >= 11 is 3.35. The fourth-order valence-corrected chi connectivity index (χ4v) is 1.11. The number of aryl methyl sites for hydroxylation is 1. The highest BCUT2D eigenvalue weighted by Crippen LogP contribution is 2.08. The lowest BCUT2D eigenvalue weighted by atomic mass is 10.2. The smallest absolute Gasteiger partial charge is 0.254 e. The molecule has 1 aromatic rings. The van der Waals surface area contributed by atoms with Crippen LogP contribution < -0.4 is 5.32 Å². The molecule has 0 bridgehead atoms. The Morgan fingerprint density at radius 1 is 1.77 bits per heavy atom. The SMILES string of the molecule is Cc1occc1C(=O)NCC(C)Br. The molecule has 0 aliphatic carbocycles. The van der Waals surface area contributed by atoms with Gasteiger partial charge in [-0.2, -0.15) is 0 Å². The molecule has 3 nitrogen and oxygen atoms in total. The number of carbonyl (C=O) groups is 1. The van der Waals surface area contributed by atoms with Crippen molar-refractivity contribution in [1.82, 2.24) is 5.32 Å². The molecule has 1 atom stereocenters. The second-order valence-corrected chi connectivity index (χ2v) is 4.44. The first-order valence-corrected chi connectivity index (χ1v) is 4.99. The van der Waals surface area contributed by atoms with Crippen molar-refractivity contribution in [3.05, 3.63) is 23.7 Å². The minimum atomic E-state index is -0.0856. The number of rotatable bonds is 3. The normalized spacial score (nSPS) is 12.5. The summed E-state index contributed by atoms with van der Waals surface area (Å²) in [4.78, 5) is 11.7. The van der Waals surface area contributed by atoms with Crippen LogP contribution >= 0.6 is 15.9 Å². The number of halogens is 1. The van der Waals surface area contributed by atoms with Gasteiger partial charge in [-0.15, -0.1) is 0 Å². The first-order chi connectivity index (χ1) is 6.11. The van der Waals surface area contributed by atoms with E-state index in [0.29, 0.717) is 17.9 Å². The third-order valence-electron chi connectivity index (χ3n) is 1.65. The average Bonchev–Trinajstić information content (AvgIpc) is 2.47. The van der Waals surface area contributed by atoms with E-state index in [4.69, 9.17) is 4.42 Å². The number of alkyl halides is 1. The fraction of sp³-hybridized carbons (Fsp3) is 0.444. The van der Waals surface area contributed by atoms with Crippen molar-refractivity contribution in [1.29, 1.82) is 0 Å². The topological polar surface area (TPSA) is 42.2 Å². The van der Waals surface area contributed by atoms with Crippen LogP contribution in [0.4, 0.5) is 0 Å². The first kappa shape index (κ1) is 10.3. The molecule has 1 N–H and O–H groups in total. The van der Waals surface area contributed by atoms with Gasteiger partial charge in [0, 0.05) is 11.4 Å². The highest BCUT2D eigenvalue weighted by atomic mass is 79.9. The lowest BCUT2D eigenvalue weighted by Gasteiger charge is -2.05. The van der Waals surface area contributed by atoms with Crippen LogP contribution in [0, 0.1) is 6.92 Å². The van der Waals surface area contributed by atoms with Crippen molar-refractivity contribution in [2.24, 2.45) is 0 Å². The van der Waals surface area contributed by atoms with Crippen molar-refractivity contribution in [3.63, 3.8) is 0 Å². The zero-order valence-corrected chi connectivity index (χ0v) is 9.22. The standard InChI is InChI=1S/C9H12BrNO2/c1-6(10)5-11-9(12)8-3-4-13-7(8)2/h3-4,6H,5H2,1-2H3,(H,11,12). The van der Waals surface area contributed by atoms with E-state index in [2.05, 4.69) is 21.2 Å². The van der Waals surface area contributed by atoms with Gasteiger partial charge in [0.25, 0.3) is 5.91 Å². The molecule has 0 fully saturated rings. The van der Waals surface area contributed by atoms with E-state index in [1.165, 1.54) is 6.26 Å². The summed E-state index contributed by atoms with van der Waals surface area (Å²) in [5.74, 6) is 0.567. The second kappa shape index (κ2) is 4.46. The number of amides is 1. The third-order valence-corrected chi connectivity index (χ3v) is 1.97. The minimum absolute atomic E-state index is 0.0856. The second-order valence-electron chi connectivity index (χ2n) is 2.88. The Hall–Kier alpha value is -0.770. The summed E-state index contributed by atoms with van der Waals surface area (Å²) in [6, 6.07) is 1.67. The molecule has 1 unspecified atom stereocenters. The van der Waals surface area contributed by atoms with E-state index in [9.17, 15) is 4.79 Å². The van der Waals surface area contributed by atoms with Gasteiger partial charge >= 0.3 is 0 Å². The molecule has 72 valence electrons. The summed E-state index contributed by atoms with van der Waals surface area (Å²) in [5.41, 5.74) is 0.605. The summed E-state index contributed by atoms with van der Waals surface area (Å²) < 4.78 is 5.02. The number of hydrogen-bond acceptors (Lipinski definition) is 2. The molecule has 0 radical (unpaired) electrons. The molecule has 1 heterocycles. The summed E-state index contributed by atoms with van der Waals surface area (Å²) in [7, 11) is 0. The van der Waals surface area contributed by atoms with Crippen molar-refractivity contribution in [2.45, 2.75) is 18.7 Å². The number of carbonyl (C=O) groups excluding carboxylic acids is 1. The van der Waals surface area contributed by atoms with Gasteiger partial charge in [-0.1, -0.05) is 22.9 Å². The monoisotopic (exact) mass is 245 g/mol. The molecule has 0 aliphatic rings. The molecule has 0 aliphatic heterocycles. The van der Waals surface area contributed by atoms with Crippen LogP contribution in [0.25, 0.3) is 0 Å². The molecule has 0 saturated carbocycles. The average molecular weight is 246 g/mol. The van der Waals surface area contributed by atoms with Gasteiger partial charge in [0.15, 0.2) is 0 Å². The van der Waals surface area contributed by atoms with Crippen LogP contribution in [0.5, 0.6) is 0 Å². The molecule has 0 aromatic carbocycles. The number of hydrogen-bond donors (Lipinski definition) is 1. The molecule has 0 spiro atoms. The van der Waals surface area contributed by atoms with E-state index in [-0.39, 0.29) is 10.7 Å². The zero-order valence-electron chi connectivity index (χ0n) is 7.63. The largest absolute Gasteiger partial charge is 0.469 e. The third kappa shape index (κ3) is 2.88. The van der Waals surface area contributed by atoms with Crippen LogP contribution in [0.3, 0.4) is 0 Å². The molecule has 1 amide bonds. The molecule has 13 heavy (non-hydrogen) atoms.